The van der Waals surface area contributed by atoms with Crippen LogP contribution in [0.15, 0.2) is 24.3 Å². The first-order valence-electron chi connectivity index (χ1n) is 6.68. The lowest BCUT2D eigenvalue weighted by Crippen LogP contribution is -2.47. The van der Waals surface area contributed by atoms with E-state index in [1.807, 2.05) is 12.1 Å². The number of para-hydroxylation sites is 1. The van der Waals surface area contributed by atoms with Gasteiger partial charge in [-0.05, 0) is 18.1 Å². The molecular formula is C14H17N3O2S. The van der Waals surface area contributed by atoms with Crippen molar-refractivity contribution in [2.75, 3.05) is 24.2 Å². The van der Waals surface area contributed by atoms with E-state index < -0.39 is 5.91 Å². The summed E-state index contributed by atoms with van der Waals surface area (Å²) in [4.78, 5) is 24.6. The van der Waals surface area contributed by atoms with Crippen LogP contribution in [0, 0.1) is 5.92 Å². The maximum atomic E-state index is 11.9. The van der Waals surface area contributed by atoms with Crippen LogP contribution in [0.1, 0.15) is 5.56 Å². The van der Waals surface area contributed by atoms with Gasteiger partial charge >= 0.3 is 0 Å². The quantitative estimate of drug-likeness (QED) is 0.880. The molecule has 1 fully saturated rings. The van der Waals surface area contributed by atoms with Crippen molar-refractivity contribution < 1.29 is 9.59 Å². The van der Waals surface area contributed by atoms with Crippen molar-refractivity contribution >= 4 is 28.6 Å². The highest BCUT2D eigenvalue weighted by Crippen LogP contribution is 2.33. The number of fused-ring (bicyclic) bond motifs is 1. The van der Waals surface area contributed by atoms with Gasteiger partial charge in [-0.1, -0.05) is 30.0 Å². The zero-order valence-electron chi connectivity index (χ0n) is 11.0. The highest BCUT2D eigenvalue weighted by molar-refractivity contribution is 8.13. The van der Waals surface area contributed by atoms with Crippen LogP contribution in [0.2, 0.25) is 0 Å². The Morgan fingerprint density at radius 2 is 2.25 bits per heavy atom. The van der Waals surface area contributed by atoms with Crippen molar-refractivity contribution in [3.05, 3.63) is 29.8 Å². The van der Waals surface area contributed by atoms with Crippen LogP contribution in [-0.4, -0.2) is 40.9 Å². The number of thioether (sulfide) groups is 1. The third kappa shape index (κ3) is 2.47. The van der Waals surface area contributed by atoms with Gasteiger partial charge in [0.25, 0.3) is 5.24 Å². The van der Waals surface area contributed by atoms with E-state index >= 15 is 0 Å². The average Bonchev–Trinajstić information content (AvgIpc) is 2.79. The molecule has 2 amide bonds. The monoisotopic (exact) mass is 291 g/mol. The van der Waals surface area contributed by atoms with Crippen molar-refractivity contribution in [3.63, 3.8) is 0 Å². The van der Waals surface area contributed by atoms with Crippen LogP contribution < -0.4 is 11.1 Å². The fourth-order valence-electron chi connectivity index (χ4n) is 2.94. The summed E-state index contributed by atoms with van der Waals surface area (Å²) in [5.41, 5.74) is 7.68. The molecular weight excluding hydrogens is 274 g/mol. The van der Waals surface area contributed by atoms with Gasteiger partial charge in [0.2, 0.25) is 5.91 Å². The van der Waals surface area contributed by atoms with Gasteiger partial charge in [-0.2, -0.15) is 0 Å². The largest absolute Gasteiger partial charge is 0.384 e. The van der Waals surface area contributed by atoms with Crippen LogP contribution >= 0.6 is 11.8 Å². The molecule has 2 heterocycles. The summed E-state index contributed by atoms with van der Waals surface area (Å²) < 4.78 is 0. The third-order valence-corrected chi connectivity index (χ3v) is 4.93. The standard InChI is InChI=1S/C14H17N3O2S/c15-13(18)7-17-12(8-20-14(17)19)10-5-9-3-1-2-4-11(9)16-6-10/h1-4,10,12,16H,5-8H2,(H2,15,18). The maximum absolute atomic E-state index is 11.9. The van der Waals surface area contributed by atoms with Crippen molar-refractivity contribution in [2.24, 2.45) is 11.7 Å². The number of nitrogens with two attached hydrogens (primary N) is 1. The fourth-order valence-corrected chi connectivity index (χ4v) is 4.07. The summed E-state index contributed by atoms with van der Waals surface area (Å²) in [6.45, 7) is 0.847. The van der Waals surface area contributed by atoms with E-state index in [2.05, 4.69) is 17.4 Å². The molecule has 2 atom stereocenters. The summed E-state index contributed by atoms with van der Waals surface area (Å²) in [6, 6.07) is 8.30. The van der Waals surface area contributed by atoms with E-state index in [0.29, 0.717) is 5.92 Å². The number of rotatable bonds is 3. The Labute approximate surface area is 121 Å². The molecule has 2 aliphatic heterocycles. The van der Waals surface area contributed by atoms with Gasteiger partial charge in [0.05, 0.1) is 0 Å². The minimum absolute atomic E-state index is 0.0225. The van der Waals surface area contributed by atoms with E-state index in [-0.39, 0.29) is 17.8 Å². The lowest BCUT2D eigenvalue weighted by molar-refractivity contribution is -0.118. The lowest BCUT2D eigenvalue weighted by atomic mass is 9.88. The Morgan fingerprint density at radius 3 is 3.05 bits per heavy atom. The van der Waals surface area contributed by atoms with Crippen LogP contribution in [0.25, 0.3) is 0 Å². The molecule has 5 nitrogen and oxygen atoms in total. The van der Waals surface area contributed by atoms with Gasteiger partial charge < -0.3 is 16.0 Å². The Hall–Kier alpha value is -1.69. The fraction of sp³-hybridized carbons (Fsp3) is 0.429. The molecule has 0 aromatic heterocycles. The van der Waals surface area contributed by atoms with Gasteiger partial charge in [-0.15, -0.1) is 0 Å². The van der Waals surface area contributed by atoms with Crippen LogP contribution in [0.5, 0.6) is 0 Å². The number of hydrogen-bond donors (Lipinski definition) is 2. The molecule has 3 N–H and O–H groups in total. The minimum Gasteiger partial charge on any atom is -0.384 e. The lowest BCUT2D eigenvalue weighted by Gasteiger charge is -2.34. The molecule has 0 aliphatic carbocycles. The number of carbonyl (C=O) groups excluding carboxylic acids is 2. The number of nitrogens with one attached hydrogen (secondary N) is 1. The topological polar surface area (TPSA) is 75.4 Å². The van der Waals surface area contributed by atoms with E-state index in [1.165, 1.54) is 23.0 Å². The first-order valence-corrected chi connectivity index (χ1v) is 7.67. The highest BCUT2D eigenvalue weighted by atomic mass is 32.2. The Morgan fingerprint density at radius 1 is 1.45 bits per heavy atom. The van der Waals surface area contributed by atoms with Crippen molar-refractivity contribution in [2.45, 2.75) is 12.5 Å². The molecule has 20 heavy (non-hydrogen) atoms. The third-order valence-electron chi connectivity index (χ3n) is 3.94. The van der Waals surface area contributed by atoms with E-state index in [4.69, 9.17) is 5.73 Å². The van der Waals surface area contributed by atoms with E-state index in [0.717, 1.165) is 18.7 Å². The minimum atomic E-state index is -0.449. The molecule has 2 unspecified atom stereocenters. The van der Waals surface area contributed by atoms with Gasteiger partial charge in [0.1, 0.15) is 6.54 Å². The first kappa shape index (κ1) is 13.3. The zero-order chi connectivity index (χ0) is 14.1. The van der Waals surface area contributed by atoms with Crippen LogP contribution in [0.4, 0.5) is 10.5 Å². The maximum Gasteiger partial charge on any atom is 0.282 e. The Kier molecular flexibility index (Phi) is 3.56. The number of primary amides is 1. The molecule has 1 saturated heterocycles. The second kappa shape index (κ2) is 5.36. The number of nitrogens with zero attached hydrogens (tertiary/aromatic N) is 1. The normalized spacial score (nSPS) is 25.2. The van der Waals surface area contributed by atoms with Gasteiger partial charge in [0, 0.05) is 29.9 Å². The van der Waals surface area contributed by atoms with Gasteiger partial charge in [0.15, 0.2) is 0 Å². The molecule has 3 rings (SSSR count). The number of benzene rings is 1. The second-order valence-corrected chi connectivity index (χ2v) is 6.21. The van der Waals surface area contributed by atoms with E-state index in [1.54, 1.807) is 4.90 Å². The van der Waals surface area contributed by atoms with Crippen molar-refractivity contribution in [1.82, 2.24) is 4.90 Å². The average molecular weight is 291 g/mol. The molecule has 106 valence electrons. The summed E-state index contributed by atoms with van der Waals surface area (Å²) in [6.07, 6.45) is 0.928. The van der Waals surface area contributed by atoms with E-state index in [9.17, 15) is 9.59 Å². The van der Waals surface area contributed by atoms with Gasteiger partial charge in [-0.3, -0.25) is 9.59 Å². The molecule has 0 bridgehead atoms. The predicted octanol–water partition coefficient (Wildman–Crippen LogP) is 1.29. The van der Waals surface area contributed by atoms with Crippen LogP contribution in [0.3, 0.4) is 0 Å². The Balaban J connectivity index is 1.76. The zero-order valence-corrected chi connectivity index (χ0v) is 11.9. The van der Waals surface area contributed by atoms with Crippen molar-refractivity contribution in [1.29, 1.82) is 0 Å². The SMILES string of the molecule is NC(=O)CN1C(=O)SCC1C1CNc2ccccc2C1. The summed E-state index contributed by atoms with van der Waals surface area (Å²) >= 11 is 1.28. The second-order valence-electron chi connectivity index (χ2n) is 5.24. The predicted molar refractivity (Wildman–Crippen MR) is 79.7 cm³/mol. The molecule has 1 aromatic rings. The number of anilines is 1. The van der Waals surface area contributed by atoms with Crippen LogP contribution in [-0.2, 0) is 11.2 Å². The summed E-state index contributed by atoms with van der Waals surface area (Å²) in [5.74, 6) is 0.610. The highest BCUT2D eigenvalue weighted by Gasteiger charge is 2.39. The summed E-state index contributed by atoms with van der Waals surface area (Å²) in [5, 5.41) is 3.38. The molecule has 0 spiro atoms. The molecule has 6 heteroatoms. The molecule has 2 aliphatic rings. The smallest absolute Gasteiger partial charge is 0.282 e. The molecule has 1 aromatic carbocycles. The summed E-state index contributed by atoms with van der Waals surface area (Å²) in [7, 11) is 0. The molecule has 0 saturated carbocycles. The Bertz CT molecular complexity index is 549. The number of amides is 2. The number of carbonyl (C=O) groups is 2. The number of hydrogen-bond acceptors (Lipinski definition) is 4. The molecule has 0 radical (unpaired) electrons. The van der Waals surface area contributed by atoms with Gasteiger partial charge in [-0.25, -0.2) is 0 Å². The first-order chi connectivity index (χ1) is 9.65. The van der Waals surface area contributed by atoms with Crippen molar-refractivity contribution in [3.8, 4) is 0 Å².